The molecule has 2 aromatic rings. The summed E-state index contributed by atoms with van der Waals surface area (Å²) in [5, 5.41) is 6.20. The smallest absolute Gasteiger partial charge is 0.362 e. The van der Waals surface area contributed by atoms with Crippen LogP contribution in [0.4, 0.5) is 4.39 Å². The first-order valence-electron chi connectivity index (χ1n) is 4.98. The van der Waals surface area contributed by atoms with Crippen molar-refractivity contribution in [3.05, 3.63) is 39.9 Å². The van der Waals surface area contributed by atoms with Crippen molar-refractivity contribution >= 4 is 16.9 Å². The molecule has 0 atom stereocenters. The fourth-order valence-corrected chi connectivity index (χ4v) is 1.43. The summed E-state index contributed by atoms with van der Waals surface area (Å²) in [6.07, 6.45) is 0. The van der Waals surface area contributed by atoms with Crippen molar-refractivity contribution in [2.45, 2.75) is 6.92 Å². The Morgan fingerprint density at radius 1 is 1.53 bits per heavy atom. The van der Waals surface area contributed by atoms with Gasteiger partial charge in [-0.2, -0.15) is 5.10 Å². The Morgan fingerprint density at radius 2 is 2.29 bits per heavy atom. The van der Waals surface area contributed by atoms with Crippen molar-refractivity contribution < 1.29 is 13.9 Å². The maximum atomic E-state index is 13.0. The highest BCUT2D eigenvalue weighted by Gasteiger charge is 2.16. The molecule has 1 heterocycles. The van der Waals surface area contributed by atoms with E-state index in [4.69, 9.17) is 0 Å². The van der Waals surface area contributed by atoms with Crippen molar-refractivity contribution in [2.75, 3.05) is 6.61 Å². The van der Waals surface area contributed by atoms with Gasteiger partial charge in [0.05, 0.1) is 17.5 Å². The predicted molar refractivity (Wildman–Crippen MR) is 58.3 cm³/mol. The summed E-state index contributed by atoms with van der Waals surface area (Å²) < 4.78 is 17.7. The molecule has 1 aromatic carbocycles. The van der Waals surface area contributed by atoms with Gasteiger partial charge in [-0.15, -0.1) is 0 Å². The number of fused-ring (bicyclic) bond motifs is 1. The molecule has 0 saturated carbocycles. The summed E-state index contributed by atoms with van der Waals surface area (Å²) in [7, 11) is 0. The molecule has 0 aliphatic carbocycles. The maximum Gasteiger partial charge on any atom is 0.362 e. The number of hydrogen-bond acceptors (Lipinski definition) is 4. The van der Waals surface area contributed by atoms with Crippen LogP contribution < -0.4 is 5.43 Å². The Bertz CT molecular complexity index is 636. The van der Waals surface area contributed by atoms with E-state index in [9.17, 15) is 14.0 Å². The van der Waals surface area contributed by atoms with Crippen molar-refractivity contribution in [1.82, 2.24) is 10.2 Å². The third-order valence-electron chi connectivity index (χ3n) is 2.20. The fourth-order valence-electron chi connectivity index (χ4n) is 1.43. The standard InChI is InChI=1S/C11H9FN2O3/c1-2-17-11(16)9-10(15)7-5-6(12)3-4-8(7)13-14-9/h3-5H,2H2,1H3,(H,13,15). The average molecular weight is 236 g/mol. The van der Waals surface area contributed by atoms with Crippen LogP contribution in [0.1, 0.15) is 17.4 Å². The highest BCUT2D eigenvalue weighted by molar-refractivity contribution is 5.91. The molecule has 0 saturated heterocycles. The summed E-state index contributed by atoms with van der Waals surface area (Å²) in [5.74, 6) is -1.37. The Labute approximate surface area is 95.2 Å². The second-order valence-electron chi connectivity index (χ2n) is 3.31. The number of rotatable bonds is 2. The van der Waals surface area contributed by atoms with Crippen molar-refractivity contribution in [1.29, 1.82) is 0 Å². The third kappa shape index (κ3) is 2.01. The molecule has 1 aromatic heterocycles. The monoisotopic (exact) mass is 236 g/mol. The molecular weight excluding hydrogens is 227 g/mol. The number of H-pyrrole nitrogens is 1. The van der Waals surface area contributed by atoms with Gasteiger partial charge in [-0.1, -0.05) is 0 Å². The van der Waals surface area contributed by atoms with Gasteiger partial charge in [0.1, 0.15) is 5.82 Å². The normalized spacial score (nSPS) is 10.5. The molecule has 0 bridgehead atoms. The molecule has 0 spiro atoms. The summed E-state index contributed by atoms with van der Waals surface area (Å²) in [6, 6.07) is 3.64. The maximum absolute atomic E-state index is 13.0. The number of ether oxygens (including phenoxy) is 1. The molecule has 1 N–H and O–H groups in total. The molecular formula is C11H9FN2O3. The number of esters is 1. The van der Waals surface area contributed by atoms with E-state index >= 15 is 0 Å². The van der Waals surface area contributed by atoms with Gasteiger partial charge < -0.3 is 4.74 Å². The largest absolute Gasteiger partial charge is 0.461 e. The number of aromatic nitrogens is 2. The second kappa shape index (κ2) is 4.32. The lowest BCUT2D eigenvalue weighted by atomic mass is 10.2. The summed E-state index contributed by atoms with van der Waals surface area (Å²) in [6.45, 7) is 1.76. The van der Waals surface area contributed by atoms with Crippen LogP contribution in [-0.4, -0.2) is 22.8 Å². The van der Waals surface area contributed by atoms with Crippen LogP contribution in [0.15, 0.2) is 23.0 Å². The van der Waals surface area contributed by atoms with E-state index in [1.807, 2.05) is 0 Å². The number of aromatic amines is 1. The van der Waals surface area contributed by atoms with Crippen LogP contribution in [0.2, 0.25) is 0 Å². The number of benzene rings is 1. The molecule has 0 fully saturated rings. The first-order chi connectivity index (χ1) is 8.13. The van der Waals surface area contributed by atoms with Gasteiger partial charge in [-0.3, -0.25) is 9.89 Å². The first kappa shape index (κ1) is 11.3. The number of hydrogen-bond donors (Lipinski definition) is 1. The van der Waals surface area contributed by atoms with Crippen LogP contribution in [0.5, 0.6) is 0 Å². The molecule has 5 nitrogen and oxygen atoms in total. The minimum atomic E-state index is -0.820. The van der Waals surface area contributed by atoms with Gasteiger partial charge in [0, 0.05) is 0 Å². The number of halogens is 1. The van der Waals surface area contributed by atoms with E-state index in [1.165, 1.54) is 12.1 Å². The van der Waals surface area contributed by atoms with Crippen LogP contribution in [0, 0.1) is 5.82 Å². The molecule has 0 aliphatic heterocycles. The van der Waals surface area contributed by atoms with E-state index in [1.54, 1.807) is 6.92 Å². The molecule has 17 heavy (non-hydrogen) atoms. The van der Waals surface area contributed by atoms with Gasteiger partial charge in [0.25, 0.3) is 0 Å². The van der Waals surface area contributed by atoms with E-state index in [0.717, 1.165) is 6.07 Å². The van der Waals surface area contributed by atoms with Gasteiger partial charge >= 0.3 is 5.97 Å². The average Bonchev–Trinajstić information content (AvgIpc) is 2.30. The lowest BCUT2D eigenvalue weighted by Gasteiger charge is -2.02. The lowest BCUT2D eigenvalue weighted by Crippen LogP contribution is -2.21. The first-order valence-corrected chi connectivity index (χ1v) is 4.98. The Morgan fingerprint density at radius 3 is 3.00 bits per heavy atom. The Hall–Kier alpha value is -2.24. The minimum Gasteiger partial charge on any atom is -0.461 e. The fraction of sp³-hybridized carbons (Fsp3) is 0.182. The number of carbonyl (C=O) groups is 1. The summed E-state index contributed by atoms with van der Waals surface area (Å²) in [4.78, 5) is 23.2. The van der Waals surface area contributed by atoms with Crippen molar-refractivity contribution in [3.63, 3.8) is 0 Å². The minimum absolute atomic E-state index is 0.0723. The number of nitrogens with one attached hydrogen (secondary N) is 1. The zero-order chi connectivity index (χ0) is 12.4. The molecule has 2 rings (SSSR count). The topological polar surface area (TPSA) is 72.0 Å². The molecule has 88 valence electrons. The lowest BCUT2D eigenvalue weighted by molar-refractivity contribution is 0.0517. The highest BCUT2D eigenvalue weighted by atomic mass is 19.1. The van der Waals surface area contributed by atoms with Crippen molar-refractivity contribution in [2.24, 2.45) is 0 Å². The highest BCUT2D eigenvalue weighted by Crippen LogP contribution is 2.09. The van der Waals surface area contributed by atoms with Crippen LogP contribution in [0.3, 0.4) is 0 Å². The number of nitrogens with zero attached hydrogens (tertiary/aromatic N) is 1. The van der Waals surface area contributed by atoms with Crippen LogP contribution in [0.25, 0.3) is 10.9 Å². The van der Waals surface area contributed by atoms with Gasteiger partial charge in [0.15, 0.2) is 0 Å². The Balaban J connectivity index is 2.65. The quantitative estimate of drug-likeness (QED) is 0.796. The summed E-state index contributed by atoms with van der Waals surface area (Å²) in [5.41, 5.74) is -0.647. The SMILES string of the molecule is CCOC(=O)c1n[nH]c2ccc(F)cc2c1=O. The molecule has 0 unspecified atom stereocenters. The second-order valence-corrected chi connectivity index (χ2v) is 3.31. The zero-order valence-corrected chi connectivity index (χ0v) is 8.99. The van der Waals surface area contributed by atoms with Gasteiger partial charge in [-0.05, 0) is 25.1 Å². The van der Waals surface area contributed by atoms with Crippen LogP contribution in [-0.2, 0) is 4.74 Å². The van der Waals surface area contributed by atoms with E-state index in [2.05, 4.69) is 14.9 Å². The predicted octanol–water partition coefficient (Wildman–Crippen LogP) is 1.24. The van der Waals surface area contributed by atoms with Gasteiger partial charge in [-0.25, -0.2) is 9.18 Å². The zero-order valence-electron chi connectivity index (χ0n) is 8.99. The van der Waals surface area contributed by atoms with E-state index < -0.39 is 17.2 Å². The molecule has 0 radical (unpaired) electrons. The van der Waals surface area contributed by atoms with Crippen molar-refractivity contribution in [3.8, 4) is 0 Å². The van der Waals surface area contributed by atoms with Gasteiger partial charge in [0.2, 0.25) is 11.1 Å². The molecule has 0 aliphatic rings. The van der Waals surface area contributed by atoms with Crippen LogP contribution >= 0.6 is 0 Å². The molecule has 6 heteroatoms. The van der Waals surface area contributed by atoms with E-state index in [-0.39, 0.29) is 17.7 Å². The summed E-state index contributed by atoms with van der Waals surface area (Å²) >= 11 is 0. The molecule has 0 amide bonds. The number of carbonyl (C=O) groups excluding carboxylic acids is 1. The third-order valence-corrected chi connectivity index (χ3v) is 2.20. The Kier molecular flexibility index (Phi) is 2.86. The van der Waals surface area contributed by atoms with E-state index in [0.29, 0.717) is 5.52 Å².